The molecule has 0 radical (unpaired) electrons. The predicted molar refractivity (Wildman–Crippen MR) is 87.9 cm³/mol. The molecule has 23 heavy (non-hydrogen) atoms. The number of nitrogens with one attached hydrogen (secondary N) is 2. The number of amides is 3. The molecule has 0 saturated carbocycles. The summed E-state index contributed by atoms with van der Waals surface area (Å²) in [6.07, 6.45) is 0. The Morgan fingerprint density at radius 3 is 2.22 bits per heavy atom. The number of nitrogen functional groups attached to an aromatic ring is 1. The fourth-order valence-electron chi connectivity index (χ4n) is 1.93. The fourth-order valence-corrected chi connectivity index (χ4v) is 1.93. The third-order valence-corrected chi connectivity index (χ3v) is 3.46. The minimum atomic E-state index is -1.02. The molecule has 0 aliphatic heterocycles. The summed E-state index contributed by atoms with van der Waals surface area (Å²) in [4.78, 5) is 35.6. The van der Waals surface area contributed by atoms with Gasteiger partial charge in [0, 0.05) is 16.9 Å². The highest BCUT2D eigenvalue weighted by Gasteiger charge is 2.18. The molecule has 0 aromatic heterocycles. The van der Waals surface area contributed by atoms with Gasteiger partial charge in [0.15, 0.2) is 0 Å². The van der Waals surface area contributed by atoms with E-state index < -0.39 is 17.7 Å². The van der Waals surface area contributed by atoms with Gasteiger partial charge in [0.05, 0.1) is 0 Å². The van der Waals surface area contributed by atoms with Gasteiger partial charge in [-0.1, -0.05) is 12.1 Å². The normalized spacial score (nSPS) is 10.0. The Bertz CT molecular complexity index is 767. The number of carbonyl (C=O) groups is 3. The maximum absolute atomic E-state index is 11.9. The van der Waals surface area contributed by atoms with Gasteiger partial charge in [-0.05, 0) is 55.3 Å². The number of aryl methyl sites for hydroxylation is 1. The summed E-state index contributed by atoms with van der Waals surface area (Å²) >= 11 is 0. The maximum Gasteiger partial charge on any atom is 0.316 e. The summed E-state index contributed by atoms with van der Waals surface area (Å²) in [6.45, 7) is 3.73. The lowest BCUT2D eigenvalue weighted by Gasteiger charge is -2.10. The average molecular weight is 311 g/mol. The predicted octanol–water partition coefficient (Wildman–Crippen LogP) is 1.78. The monoisotopic (exact) mass is 311 g/mol. The van der Waals surface area contributed by atoms with Crippen LogP contribution in [-0.2, 0) is 9.59 Å². The molecule has 2 aromatic rings. The molecule has 0 atom stereocenters. The van der Waals surface area contributed by atoms with Crippen molar-refractivity contribution in [3.8, 4) is 0 Å². The molecule has 4 N–H and O–H groups in total. The summed E-state index contributed by atoms with van der Waals surface area (Å²) in [5.74, 6) is -2.58. The molecule has 0 heterocycles. The van der Waals surface area contributed by atoms with Gasteiger partial charge in [-0.25, -0.2) is 0 Å². The molecule has 0 fully saturated rings. The Morgan fingerprint density at radius 1 is 0.913 bits per heavy atom. The smallest absolute Gasteiger partial charge is 0.316 e. The Hall–Kier alpha value is -3.15. The molecule has 118 valence electrons. The number of hydrogen-bond donors (Lipinski definition) is 3. The number of hydrogen-bond acceptors (Lipinski definition) is 4. The first-order valence-electron chi connectivity index (χ1n) is 6.97. The minimum absolute atomic E-state index is 0.243. The van der Waals surface area contributed by atoms with Crippen molar-refractivity contribution in [3.63, 3.8) is 0 Å². The highest BCUT2D eigenvalue weighted by atomic mass is 16.2. The van der Waals surface area contributed by atoms with Gasteiger partial charge in [0.25, 0.3) is 5.91 Å². The van der Waals surface area contributed by atoms with Crippen LogP contribution in [0.2, 0.25) is 0 Å². The molecule has 0 bridgehead atoms. The molecular weight excluding hydrogens is 294 g/mol. The number of benzene rings is 2. The average Bonchev–Trinajstić information content (AvgIpc) is 2.52. The van der Waals surface area contributed by atoms with E-state index in [9.17, 15) is 14.4 Å². The fraction of sp³-hybridized carbons (Fsp3) is 0.118. The molecule has 2 aromatic carbocycles. The quantitative estimate of drug-likeness (QED) is 0.581. The van der Waals surface area contributed by atoms with Crippen molar-refractivity contribution >= 4 is 29.1 Å². The third kappa shape index (κ3) is 3.94. The van der Waals surface area contributed by atoms with Crippen LogP contribution < -0.4 is 16.4 Å². The second kappa shape index (κ2) is 6.74. The first kappa shape index (κ1) is 16.2. The van der Waals surface area contributed by atoms with E-state index in [0.717, 1.165) is 11.1 Å². The van der Waals surface area contributed by atoms with Crippen molar-refractivity contribution in [2.75, 3.05) is 11.1 Å². The Balaban J connectivity index is 2.02. The van der Waals surface area contributed by atoms with Crippen LogP contribution in [0.3, 0.4) is 0 Å². The molecule has 0 saturated heterocycles. The van der Waals surface area contributed by atoms with E-state index in [1.54, 1.807) is 12.1 Å². The van der Waals surface area contributed by atoms with Crippen LogP contribution in [0.4, 0.5) is 11.4 Å². The second-order valence-electron chi connectivity index (χ2n) is 5.11. The number of anilines is 2. The van der Waals surface area contributed by atoms with Gasteiger partial charge in [0.2, 0.25) is 0 Å². The largest absolute Gasteiger partial charge is 0.399 e. The van der Waals surface area contributed by atoms with E-state index in [4.69, 9.17) is 5.73 Å². The topological polar surface area (TPSA) is 101 Å². The number of nitrogens with two attached hydrogens (primary N) is 1. The number of carbonyl (C=O) groups excluding carboxylic acids is 3. The number of imide groups is 1. The SMILES string of the molecule is Cc1cccc(NC(=O)C(=O)NC(=O)c2ccc(N)cc2)c1C. The minimum Gasteiger partial charge on any atom is -0.399 e. The van der Waals surface area contributed by atoms with Crippen LogP contribution in [-0.4, -0.2) is 17.7 Å². The van der Waals surface area contributed by atoms with Crippen molar-refractivity contribution in [3.05, 3.63) is 59.2 Å². The Labute approximate surface area is 133 Å². The van der Waals surface area contributed by atoms with Crippen LogP contribution in [0.5, 0.6) is 0 Å². The standard InChI is InChI=1S/C17H17N3O3/c1-10-4-3-5-14(11(10)2)19-16(22)17(23)20-15(21)12-6-8-13(18)9-7-12/h3-9H,18H2,1-2H3,(H,19,22)(H,20,21,23). The molecule has 6 heteroatoms. The summed E-state index contributed by atoms with van der Waals surface area (Å²) in [5, 5.41) is 4.53. The van der Waals surface area contributed by atoms with Crippen molar-refractivity contribution in [1.82, 2.24) is 5.32 Å². The zero-order valence-electron chi connectivity index (χ0n) is 12.8. The lowest BCUT2D eigenvalue weighted by molar-refractivity contribution is -0.135. The summed E-state index contributed by atoms with van der Waals surface area (Å²) in [7, 11) is 0. The van der Waals surface area contributed by atoms with E-state index >= 15 is 0 Å². The van der Waals surface area contributed by atoms with Crippen LogP contribution in [0.1, 0.15) is 21.5 Å². The third-order valence-electron chi connectivity index (χ3n) is 3.46. The second-order valence-corrected chi connectivity index (χ2v) is 5.11. The van der Waals surface area contributed by atoms with E-state index in [0.29, 0.717) is 11.4 Å². The van der Waals surface area contributed by atoms with Crippen LogP contribution in [0.15, 0.2) is 42.5 Å². The molecule has 0 aliphatic rings. The molecule has 0 aliphatic carbocycles. The first-order valence-corrected chi connectivity index (χ1v) is 6.97. The highest BCUT2D eigenvalue weighted by Crippen LogP contribution is 2.17. The van der Waals surface area contributed by atoms with Crippen LogP contribution in [0, 0.1) is 13.8 Å². The molecule has 2 rings (SSSR count). The molecule has 0 spiro atoms. The van der Waals surface area contributed by atoms with Crippen molar-refractivity contribution in [1.29, 1.82) is 0 Å². The molecular formula is C17H17N3O3. The maximum atomic E-state index is 11.9. The Morgan fingerprint density at radius 2 is 1.57 bits per heavy atom. The van der Waals surface area contributed by atoms with Gasteiger partial charge < -0.3 is 11.1 Å². The van der Waals surface area contributed by atoms with Gasteiger partial charge >= 0.3 is 11.8 Å². The zero-order chi connectivity index (χ0) is 17.0. The summed E-state index contributed by atoms with van der Waals surface area (Å²) in [5.41, 5.74) is 8.65. The zero-order valence-corrected chi connectivity index (χ0v) is 12.8. The summed E-state index contributed by atoms with van der Waals surface area (Å²) < 4.78 is 0. The van der Waals surface area contributed by atoms with E-state index in [1.165, 1.54) is 24.3 Å². The Kier molecular flexibility index (Phi) is 4.75. The van der Waals surface area contributed by atoms with Gasteiger partial charge in [-0.15, -0.1) is 0 Å². The van der Waals surface area contributed by atoms with Gasteiger partial charge in [-0.3, -0.25) is 19.7 Å². The summed E-state index contributed by atoms with van der Waals surface area (Å²) in [6, 6.07) is 11.4. The van der Waals surface area contributed by atoms with E-state index in [-0.39, 0.29) is 5.56 Å². The first-order chi connectivity index (χ1) is 10.9. The van der Waals surface area contributed by atoms with Crippen molar-refractivity contribution < 1.29 is 14.4 Å². The number of rotatable bonds is 2. The van der Waals surface area contributed by atoms with Crippen molar-refractivity contribution in [2.24, 2.45) is 0 Å². The molecule has 0 unspecified atom stereocenters. The van der Waals surface area contributed by atoms with E-state index in [1.807, 2.05) is 25.2 Å². The van der Waals surface area contributed by atoms with E-state index in [2.05, 4.69) is 5.32 Å². The molecule has 3 amide bonds. The van der Waals surface area contributed by atoms with Gasteiger partial charge in [-0.2, -0.15) is 0 Å². The lowest BCUT2D eigenvalue weighted by atomic mass is 10.1. The lowest BCUT2D eigenvalue weighted by Crippen LogP contribution is -2.39. The van der Waals surface area contributed by atoms with Crippen molar-refractivity contribution in [2.45, 2.75) is 13.8 Å². The van der Waals surface area contributed by atoms with Gasteiger partial charge in [0.1, 0.15) is 0 Å². The molecule has 6 nitrogen and oxygen atoms in total. The van der Waals surface area contributed by atoms with Crippen LogP contribution >= 0.6 is 0 Å². The highest BCUT2D eigenvalue weighted by molar-refractivity contribution is 6.42. The van der Waals surface area contributed by atoms with Crippen LogP contribution in [0.25, 0.3) is 0 Å².